The lowest BCUT2D eigenvalue weighted by molar-refractivity contribution is -0.129. The maximum atomic E-state index is 12.6. The number of likely N-dealkylation sites (tertiary alicyclic amines) is 1. The Balaban J connectivity index is 1.95. The zero-order chi connectivity index (χ0) is 19.9. The first-order chi connectivity index (χ1) is 12.9. The first-order valence-electron chi connectivity index (χ1n) is 9.45. The van der Waals surface area contributed by atoms with Crippen molar-refractivity contribution in [1.82, 2.24) is 15.5 Å². The molecule has 27 heavy (non-hydrogen) atoms. The molecule has 1 aliphatic heterocycles. The topological polar surface area (TPSA) is 90.9 Å². The molecule has 2 unspecified atom stereocenters. The number of aliphatic imine (C=N–C) groups is 1. The molecule has 0 aliphatic carbocycles. The van der Waals surface area contributed by atoms with Gasteiger partial charge in [0.25, 0.3) is 0 Å². The van der Waals surface area contributed by atoms with Crippen LogP contribution in [-0.2, 0) is 14.6 Å². The minimum Gasteiger partial charge on any atom is -0.353 e. The molecule has 7 nitrogen and oxygen atoms in total. The Labute approximate surface area is 162 Å². The number of carbonyl (C=O) groups is 1. The van der Waals surface area contributed by atoms with Crippen LogP contribution in [0, 0.1) is 0 Å². The highest BCUT2D eigenvalue weighted by Crippen LogP contribution is 2.13. The summed E-state index contributed by atoms with van der Waals surface area (Å²) in [5.41, 5.74) is 0. The van der Waals surface area contributed by atoms with Crippen molar-refractivity contribution in [2.24, 2.45) is 4.99 Å². The van der Waals surface area contributed by atoms with E-state index in [1.165, 1.54) is 0 Å². The van der Waals surface area contributed by atoms with E-state index in [2.05, 4.69) is 15.6 Å². The van der Waals surface area contributed by atoms with Crippen LogP contribution >= 0.6 is 0 Å². The number of hydrogen-bond acceptors (Lipinski definition) is 4. The minimum atomic E-state index is -3.37. The molecule has 1 aliphatic rings. The lowest BCUT2D eigenvalue weighted by Gasteiger charge is -2.23. The lowest BCUT2D eigenvalue weighted by Crippen LogP contribution is -2.50. The summed E-state index contributed by atoms with van der Waals surface area (Å²) in [4.78, 5) is 18.2. The normalized spacial score (nSPS) is 19.0. The van der Waals surface area contributed by atoms with Gasteiger partial charge in [0.15, 0.2) is 15.8 Å². The summed E-state index contributed by atoms with van der Waals surface area (Å²) in [6.07, 6.45) is 2.01. The van der Waals surface area contributed by atoms with Crippen molar-refractivity contribution in [2.45, 2.75) is 50.1 Å². The van der Waals surface area contributed by atoms with E-state index >= 15 is 0 Å². The Kier molecular flexibility index (Phi) is 7.65. The van der Waals surface area contributed by atoms with Crippen molar-refractivity contribution in [1.29, 1.82) is 0 Å². The van der Waals surface area contributed by atoms with Gasteiger partial charge in [-0.05, 0) is 25.0 Å². The second-order valence-electron chi connectivity index (χ2n) is 6.74. The number of amides is 1. The van der Waals surface area contributed by atoms with Crippen LogP contribution < -0.4 is 10.6 Å². The molecule has 2 rings (SSSR count). The molecule has 0 aromatic heterocycles. The zero-order valence-electron chi connectivity index (χ0n) is 16.3. The Morgan fingerprint density at radius 3 is 2.59 bits per heavy atom. The maximum absolute atomic E-state index is 12.6. The van der Waals surface area contributed by atoms with E-state index < -0.39 is 9.84 Å². The van der Waals surface area contributed by atoms with Crippen molar-refractivity contribution in [2.75, 3.05) is 25.9 Å². The summed E-state index contributed by atoms with van der Waals surface area (Å²) in [5, 5.41) is 6.54. The second kappa shape index (κ2) is 9.73. The lowest BCUT2D eigenvalue weighted by atomic mass is 10.2. The van der Waals surface area contributed by atoms with Crippen LogP contribution in [-0.4, -0.2) is 63.2 Å². The molecule has 0 bridgehead atoms. The van der Waals surface area contributed by atoms with Gasteiger partial charge in [-0.15, -0.1) is 0 Å². The summed E-state index contributed by atoms with van der Waals surface area (Å²) < 4.78 is 25.2. The molecule has 0 spiro atoms. The molecule has 1 fully saturated rings. The van der Waals surface area contributed by atoms with Crippen LogP contribution in [0.3, 0.4) is 0 Å². The third-order valence-electron chi connectivity index (χ3n) is 4.76. The standard InChI is InChI=1S/C19H30N4O3S/c1-4-15(14-27(25,26)17-9-7-6-8-10-17)21-19(20-3)22-16-11-12-23(13-16)18(24)5-2/h6-10,15-16H,4-5,11-14H2,1-3H3,(H2,20,21,22). The van der Waals surface area contributed by atoms with Crippen molar-refractivity contribution < 1.29 is 13.2 Å². The van der Waals surface area contributed by atoms with E-state index in [-0.39, 0.29) is 23.7 Å². The average molecular weight is 395 g/mol. The Hall–Kier alpha value is -2.09. The molecule has 1 aromatic carbocycles. The van der Waals surface area contributed by atoms with Crippen molar-refractivity contribution in [3.05, 3.63) is 30.3 Å². The molecule has 2 N–H and O–H groups in total. The summed E-state index contributed by atoms with van der Waals surface area (Å²) in [6, 6.07) is 8.36. The van der Waals surface area contributed by atoms with E-state index in [1.54, 1.807) is 37.4 Å². The highest BCUT2D eigenvalue weighted by Gasteiger charge is 2.27. The SMILES string of the molecule is CCC(=O)N1CCC(NC(=NC)NC(CC)CS(=O)(=O)c2ccccc2)C1. The summed E-state index contributed by atoms with van der Waals surface area (Å²) in [6.45, 7) is 5.19. The molecule has 0 radical (unpaired) electrons. The van der Waals surface area contributed by atoms with Crippen LogP contribution in [0.15, 0.2) is 40.2 Å². The fourth-order valence-electron chi connectivity index (χ4n) is 3.14. The van der Waals surface area contributed by atoms with Gasteiger partial charge in [0, 0.05) is 38.6 Å². The van der Waals surface area contributed by atoms with Crippen LogP contribution in [0.25, 0.3) is 0 Å². The van der Waals surface area contributed by atoms with E-state index in [9.17, 15) is 13.2 Å². The van der Waals surface area contributed by atoms with E-state index in [4.69, 9.17) is 0 Å². The fourth-order valence-corrected chi connectivity index (χ4v) is 4.75. The fraction of sp³-hybridized carbons (Fsp3) is 0.579. The van der Waals surface area contributed by atoms with Gasteiger partial charge in [-0.1, -0.05) is 32.0 Å². The summed E-state index contributed by atoms with van der Waals surface area (Å²) in [5.74, 6) is 0.725. The monoisotopic (exact) mass is 394 g/mol. The highest BCUT2D eigenvalue weighted by atomic mass is 32.2. The first kappa shape index (κ1) is 21.2. The summed E-state index contributed by atoms with van der Waals surface area (Å²) >= 11 is 0. The number of hydrogen-bond donors (Lipinski definition) is 2. The number of nitrogens with one attached hydrogen (secondary N) is 2. The summed E-state index contributed by atoms with van der Waals surface area (Å²) in [7, 11) is -1.71. The molecule has 8 heteroatoms. The molecular formula is C19H30N4O3S. The number of guanidine groups is 1. The molecule has 1 aromatic rings. The number of nitrogens with zero attached hydrogens (tertiary/aromatic N) is 2. The third kappa shape index (κ3) is 5.95. The van der Waals surface area contributed by atoms with Crippen molar-refractivity contribution in [3.8, 4) is 0 Å². The number of rotatable bonds is 7. The maximum Gasteiger partial charge on any atom is 0.222 e. The Bertz CT molecular complexity index is 749. The highest BCUT2D eigenvalue weighted by molar-refractivity contribution is 7.91. The zero-order valence-corrected chi connectivity index (χ0v) is 17.1. The van der Waals surface area contributed by atoms with Crippen LogP contribution in [0.1, 0.15) is 33.1 Å². The van der Waals surface area contributed by atoms with Gasteiger partial charge in [-0.25, -0.2) is 8.42 Å². The quantitative estimate of drug-likeness (QED) is 0.539. The minimum absolute atomic E-state index is 0.000669. The van der Waals surface area contributed by atoms with Gasteiger partial charge in [0.1, 0.15) is 0 Å². The largest absolute Gasteiger partial charge is 0.353 e. The second-order valence-corrected chi connectivity index (χ2v) is 8.77. The predicted octanol–water partition coefficient (Wildman–Crippen LogP) is 1.41. The van der Waals surface area contributed by atoms with E-state index in [0.29, 0.717) is 30.2 Å². The molecule has 1 heterocycles. The van der Waals surface area contributed by atoms with Gasteiger partial charge in [-0.2, -0.15) is 0 Å². The Morgan fingerprint density at radius 2 is 2.00 bits per heavy atom. The van der Waals surface area contributed by atoms with Gasteiger partial charge in [0.05, 0.1) is 10.6 Å². The third-order valence-corrected chi connectivity index (χ3v) is 6.60. The van der Waals surface area contributed by atoms with Gasteiger partial charge < -0.3 is 15.5 Å². The first-order valence-corrected chi connectivity index (χ1v) is 11.1. The molecule has 0 saturated carbocycles. The van der Waals surface area contributed by atoms with E-state index in [1.807, 2.05) is 18.7 Å². The molecular weight excluding hydrogens is 364 g/mol. The van der Waals surface area contributed by atoms with Crippen LogP contribution in [0.5, 0.6) is 0 Å². The van der Waals surface area contributed by atoms with Gasteiger partial charge in [0.2, 0.25) is 5.91 Å². The predicted molar refractivity (Wildman–Crippen MR) is 107 cm³/mol. The molecule has 1 amide bonds. The molecule has 150 valence electrons. The number of carbonyl (C=O) groups excluding carboxylic acids is 1. The van der Waals surface area contributed by atoms with Gasteiger partial charge >= 0.3 is 0 Å². The average Bonchev–Trinajstić information content (AvgIpc) is 3.15. The molecule has 2 atom stereocenters. The number of benzene rings is 1. The van der Waals surface area contributed by atoms with Crippen molar-refractivity contribution >= 4 is 21.7 Å². The van der Waals surface area contributed by atoms with Crippen LogP contribution in [0.4, 0.5) is 0 Å². The van der Waals surface area contributed by atoms with Crippen molar-refractivity contribution in [3.63, 3.8) is 0 Å². The number of sulfone groups is 1. The van der Waals surface area contributed by atoms with Crippen LogP contribution in [0.2, 0.25) is 0 Å². The van der Waals surface area contributed by atoms with Gasteiger partial charge in [-0.3, -0.25) is 9.79 Å². The van der Waals surface area contributed by atoms with E-state index in [0.717, 1.165) is 13.0 Å². The molecule has 1 saturated heterocycles. The Morgan fingerprint density at radius 1 is 1.30 bits per heavy atom. The smallest absolute Gasteiger partial charge is 0.222 e.